The molecule has 2 aromatic rings. The number of benzene rings is 2. The Bertz CT molecular complexity index is 915. The molecule has 0 amide bonds. The zero-order chi connectivity index (χ0) is 20.6. The third-order valence-electron chi connectivity index (χ3n) is 3.58. The van der Waals surface area contributed by atoms with Crippen molar-refractivity contribution in [2.45, 2.75) is 36.5 Å². The van der Waals surface area contributed by atoms with E-state index in [2.05, 4.69) is 9.44 Å². The number of hydrogen-bond acceptors (Lipinski definition) is 4. The van der Waals surface area contributed by atoms with Gasteiger partial charge >= 0.3 is 180 Å². The van der Waals surface area contributed by atoms with Crippen LogP contribution in [0, 0.1) is 0 Å². The van der Waals surface area contributed by atoms with Crippen LogP contribution in [0.3, 0.4) is 0 Å². The second-order valence-electron chi connectivity index (χ2n) is 5.86. The van der Waals surface area contributed by atoms with Crippen molar-refractivity contribution in [3.05, 3.63) is 48.5 Å². The zero-order valence-electron chi connectivity index (χ0n) is 15.7. The van der Waals surface area contributed by atoms with E-state index in [1.54, 1.807) is 24.3 Å². The Hall–Kier alpha value is -0.701. The fourth-order valence-corrected chi connectivity index (χ4v) is 14.4. The molecule has 10 heteroatoms. The number of hydrogen-bond donors (Lipinski definition) is 2. The van der Waals surface area contributed by atoms with Gasteiger partial charge in [-0.15, -0.1) is 0 Å². The van der Waals surface area contributed by atoms with Crippen molar-refractivity contribution >= 4 is 55.2 Å². The van der Waals surface area contributed by atoms with Crippen LogP contribution in [0.1, 0.15) is 26.7 Å². The Morgan fingerprint density at radius 1 is 0.679 bits per heavy atom. The summed E-state index contributed by atoms with van der Waals surface area (Å²) in [5.41, 5.74) is 0. The van der Waals surface area contributed by atoms with Crippen molar-refractivity contribution in [1.29, 1.82) is 0 Å². The number of rotatable bonds is 11. The molecule has 2 N–H and O–H groups in total. The average Bonchev–Trinajstić information content (AvgIpc) is 2.69. The summed E-state index contributed by atoms with van der Waals surface area (Å²) in [6, 6.07) is 13.9. The SMILES string of the molecule is CCCNS(=O)(=O)c1ccccc1[Se][Se]c1ccccc1S(=O)(=O)NCCC. The Labute approximate surface area is 178 Å². The third-order valence-corrected chi connectivity index (χ3v) is 14.5. The molecular formula is C18H24N2O4S2Se2. The predicted octanol–water partition coefficient (Wildman–Crippen LogP) is 0.337. The zero-order valence-corrected chi connectivity index (χ0v) is 20.8. The Kier molecular flexibility index (Phi) is 9.18. The normalized spacial score (nSPS) is 12.2. The summed E-state index contributed by atoms with van der Waals surface area (Å²) in [6.07, 6.45) is 1.43. The van der Waals surface area contributed by atoms with E-state index in [1.165, 1.54) is 0 Å². The van der Waals surface area contributed by atoms with E-state index in [-0.39, 0.29) is 36.1 Å². The Morgan fingerprint density at radius 2 is 1.04 bits per heavy atom. The number of nitrogens with one attached hydrogen (secondary N) is 2. The Balaban J connectivity index is 2.27. The first-order chi connectivity index (χ1) is 13.3. The summed E-state index contributed by atoms with van der Waals surface area (Å²) in [7, 11) is -7.13. The molecule has 0 aliphatic carbocycles. The summed E-state index contributed by atoms with van der Waals surface area (Å²) < 4.78 is 57.0. The van der Waals surface area contributed by atoms with Crippen LogP contribution in [0.15, 0.2) is 58.3 Å². The van der Waals surface area contributed by atoms with Gasteiger partial charge in [0.2, 0.25) is 0 Å². The van der Waals surface area contributed by atoms with Gasteiger partial charge in [-0.05, 0) is 0 Å². The van der Waals surface area contributed by atoms with Crippen LogP contribution in [0.25, 0.3) is 0 Å². The van der Waals surface area contributed by atoms with E-state index >= 15 is 0 Å². The molecule has 0 bridgehead atoms. The van der Waals surface area contributed by atoms with Gasteiger partial charge in [0, 0.05) is 0 Å². The van der Waals surface area contributed by atoms with E-state index in [1.807, 2.05) is 38.1 Å². The van der Waals surface area contributed by atoms with Gasteiger partial charge in [-0.25, -0.2) is 0 Å². The van der Waals surface area contributed by atoms with Crippen molar-refractivity contribution in [2.24, 2.45) is 0 Å². The van der Waals surface area contributed by atoms with Crippen LogP contribution in [0.5, 0.6) is 0 Å². The molecule has 0 aromatic heterocycles. The molecule has 154 valence electrons. The first-order valence-electron chi connectivity index (χ1n) is 8.83. The van der Waals surface area contributed by atoms with Crippen LogP contribution in [0.2, 0.25) is 0 Å². The summed E-state index contributed by atoms with van der Waals surface area (Å²) in [5.74, 6) is 0. The topological polar surface area (TPSA) is 92.3 Å². The fraction of sp³-hybridized carbons (Fsp3) is 0.333. The van der Waals surface area contributed by atoms with Crippen LogP contribution < -0.4 is 18.4 Å². The van der Waals surface area contributed by atoms with Gasteiger partial charge in [0.05, 0.1) is 0 Å². The quantitative estimate of drug-likeness (QED) is 0.392. The van der Waals surface area contributed by atoms with Gasteiger partial charge < -0.3 is 0 Å². The van der Waals surface area contributed by atoms with Crippen LogP contribution in [-0.4, -0.2) is 56.2 Å². The van der Waals surface area contributed by atoms with Gasteiger partial charge in [-0.3, -0.25) is 0 Å². The van der Waals surface area contributed by atoms with Crippen LogP contribution in [0.4, 0.5) is 0 Å². The van der Waals surface area contributed by atoms with Crippen LogP contribution >= 0.6 is 0 Å². The molecule has 28 heavy (non-hydrogen) atoms. The number of sulfonamides is 2. The average molecular weight is 554 g/mol. The van der Waals surface area contributed by atoms with Gasteiger partial charge in [0.1, 0.15) is 0 Å². The van der Waals surface area contributed by atoms with Crippen molar-refractivity contribution in [3.8, 4) is 0 Å². The van der Waals surface area contributed by atoms with Gasteiger partial charge in [-0.1, -0.05) is 0 Å². The van der Waals surface area contributed by atoms with Gasteiger partial charge in [-0.2, -0.15) is 0 Å². The molecule has 0 radical (unpaired) electrons. The summed E-state index contributed by atoms with van der Waals surface area (Å²) in [5, 5.41) is 0. The monoisotopic (exact) mass is 556 g/mol. The minimum absolute atomic E-state index is 0.180. The molecule has 2 rings (SSSR count). The molecule has 0 saturated carbocycles. The second-order valence-corrected chi connectivity index (χ2v) is 15.5. The molecular weight excluding hydrogens is 530 g/mol. The first-order valence-corrected chi connectivity index (χ1v) is 17.8. The predicted molar refractivity (Wildman–Crippen MR) is 115 cm³/mol. The molecule has 0 fully saturated rings. The maximum atomic E-state index is 12.6. The molecule has 0 atom stereocenters. The second kappa shape index (κ2) is 10.9. The van der Waals surface area contributed by atoms with Crippen molar-refractivity contribution in [3.63, 3.8) is 0 Å². The molecule has 0 aliphatic heterocycles. The standard InChI is InChI=1S/C18H24N2O4S2Se2/c1-3-13-19-25(21,22)15-9-5-7-11-17(15)27-28-18-12-8-6-10-16(18)26(23,24)20-14-4-2/h5-12,19-20H,3-4,13-14H2,1-2H3. The molecule has 0 unspecified atom stereocenters. The van der Waals surface area contributed by atoms with E-state index in [4.69, 9.17) is 0 Å². The minimum atomic E-state index is -3.56. The molecule has 2 aromatic carbocycles. The van der Waals surface area contributed by atoms with E-state index in [9.17, 15) is 16.8 Å². The van der Waals surface area contributed by atoms with Gasteiger partial charge in [0.25, 0.3) is 0 Å². The van der Waals surface area contributed by atoms with Crippen molar-refractivity contribution < 1.29 is 16.8 Å². The van der Waals surface area contributed by atoms with E-state index in [0.717, 1.165) is 8.92 Å². The van der Waals surface area contributed by atoms with E-state index in [0.29, 0.717) is 25.9 Å². The Morgan fingerprint density at radius 3 is 1.39 bits per heavy atom. The molecule has 0 aliphatic rings. The first kappa shape index (κ1) is 23.6. The van der Waals surface area contributed by atoms with Crippen molar-refractivity contribution in [2.75, 3.05) is 13.1 Å². The maximum absolute atomic E-state index is 12.6. The van der Waals surface area contributed by atoms with Crippen LogP contribution in [-0.2, 0) is 20.0 Å². The molecule has 0 heterocycles. The van der Waals surface area contributed by atoms with E-state index < -0.39 is 20.0 Å². The third kappa shape index (κ3) is 6.40. The fourth-order valence-electron chi connectivity index (χ4n) is 2.20. The molecule has 6 nitrogen and oxygen atoms in total. The molecule has 0 spiro atoms. The van der Waals surface area contributed by atoms with Gasteiger partial charge in [0.15, 0.2) is 0 Å². The van der Waals surface area contributed by atoms with Crippen molar-refractivity contribution in [1.82, 2.24) is 9.44 Å². The summed E-state index contributed by atoms with van der Waals surface area (Å²) >= 11 is -0.359. The summed E-state index contributed by atoms with van der Waals surface area (Å²) in [6.45, 7) is 4.59. The summed E-state index contributed by atoms with van der Waals surface area (Å²) in [4.78, 5) is 0.574. The molecule has 0 saturated heterocycles.